The summed E-state index contributed by atoms with van der Waals surface area (Å²) in [6.45, 7) is 6.25. The van der Waals surface area contributed by atoms with E-state index in [1.165, 1.54) is 11.6 Å². The molecule has 0 aliphatic heterocycles. The fourth-order valence-electron chi connectivity index (χ4n) is 2.45. The Kier molecular flexibility index (Phi) is 4.56. The zero-order valence-corrected chi connectivity index (χ0v) is 12.4. The number of rotatable bonds is 4. The van der Waals surface area contributed by atoms with E-state index in [1.54, 1.807) is 6.07 Å². The quantitative estimate of drug-likeness (QED) is 0.877. The molecule has 0 bridgehead atoms. The minimum absolute atomic E-state index is 0.230. The van der Waals surface area contributed by atoms with Crippen molar-refractivity contribution in [1.82, 2.24) is 0 Å². The average Bonchev–Trinajstić information content (AvgIpc) is 2.37. The van der Waals surface area contributed by atoms with Crippen LogP contribution in [0.5, 0.6) is 0 Å². The van der Waals surface area contributed by atoms with Gasteiger partial charge in [0.15, 0.2) is 0 Å². The van der Waals surface area contributed by atoms with E-state index in [4.69, 9.17) is 5.73 Å². The fraction of sp³-hybridized carbons (Fsp3) is 0.333. The van der Waals surface area contributed by atoms with Gasteiger partial charge in [-0.15, -0.1) is 0 Å². The van der Waals surface area contributed by atoms with Gasteiger partial charge in [0.2, 0.25) is 0 Å². The molecule has 0 aliphatic carbocycles. The lowest BCUT2D eigenvalue weighted by Gasteiger charge is -2.15. The molecule has 0 heterocycles. The van der Waals surface area contributed by atoms with Crippen molar-refractivity contribution in [2.24, 2.45) is 11.7 Å². The lowest BCUT2D eigenvalue weighted by molar-refractivity contribution is 0.598. The number of benzene rings is 2. The minimum atomic E-state index is -0.414. The Morgan fingerprint density at radius 1 is 1.10 bits per heavy atom. The zero-order chi connectivity index (χ0) is 14.7. The Balaban J connectivity index is 2.30. The lowest BCUT2D eigenvalue weighted by atomic mass is 9.94. The predicted octanol–water partition coefficient (Wildman–Crippen LogP) is 4.38. The van der Waals surface area contributed by atoms with Crippen LogP contribution in [0.3, 0.4) is 0 Å². The van der Waals surface area contributed by atoms with Crippen molar-refractivity contribution in [2.75, 3.05) is 0 Å². The molecule has 0 saturated carbocycles. The van der Waals surface area contributed by atoms with Gasteiger partial charge in [-0.2, -0.15) is 0 Å². The van der Waals surface area contributed by atoms with Crippen LogP contribution in [-0.4, -0.2) is 0 Å². The van der Waals surface area contributed by atoms with Gasteiger partial charge < -0.3 is 5.73 Å². The zero-order valence-electron chi connectivity index (χ0n) is 12.4. The third-order valence-electron chi connectivity index (χ3n) is 3.45. The van der Waals surface area contributed by atoms with E-state index in [9.17, 15) is 4.39 Å². The van der Waals surface area contributed by atoms with Crippen LogP contribution in [0.15, 0.2) is 42.5 Å². The summed E-state index contributed by atoms with van der Waals surface area (Å²) in [5.74, 6) is 0.365. The van der Waals surface area contributed by atoms with Gasteiger partial charge in [-0.25, -0.2) is 4.39 Å². The second kappa shape index (κ2) is 6.19. The van der Waals surface area contributed by atoms with Crippen molar-refractivity contribution in [1.29, 1.82) is 0 Å². The van der Waals surface area contributed by atoms with E-state index in [2.05, 4.69) is 26.0 Å². The molecule has 1 atom stereocenters. The molecule has 2 N–H and O–H groups in total. The average molecular weight is 271 g/mol. The third kappa shape index (κ3) is 3.45. The SMILES string of the molecule is Cc1ccc(C(N)c2cccc(CC(C)C)c2)c(F)c1. The first-order valence-corrected chi connectivity index (χ1v) is 7.08. The molecule has 0 spiro atoms. The van der Waals surface area contributed by atoms with Gasteiger partial charge in [-0.1, -0.05) is 50.2 Å². The first-order chi connectivity index (χ1) is 9.47. The number of halogens is 1. The molecule has 0 saturated heterocycles. The molecule has 2 aromatic rings. The Morgan fingerprint density at radius 2 is 1.85 bits per heavy atom. The van der Waals surface area contributed by atoms with E-state index in [0.717, 1.165) is 17.5 Å². The Labute approximate surface area is 120 Å². The standard InChI is InChI=1S/C18H22FN/c1-12(2)9-14-5-4-6-15(11-14)18(20)16-8-7-13(3)10-17(16)19/h4-8,10-12,18H,9,20H2,1-3H3. The molecule has 0 radical (unpaired) electrons. The monoisotopic (exact) mass is 271 g/mol. The Morgan fingerprint density at radius 3 is 2.50 bits per heavy atom. The summed E-state index contributed by atoms with van der Waals surface area (Å²) in [7, 11) is 0. The maximum absolute atomic E-state index is 14.0. The largest absolute Gasteiger partial charge is 0.320 e. The summed E-state index contributed by atoms with van der Waals surface area (Å²) in [5, 5.41) is 0. The first-order valence-electron chi connectivity index (χ1n) is 7.08. The van der Waals surface area contributed by atoms with Gasteiger partial charge in [-0.05, 0) is 42.0 Å². The smallest absolute Gasteiger partial charge is 0.128 e. The topological polar surface area (TPSA) is 26.0 Å². The number of aryl methyl sites for hydroxylation is 1. The van der Waals surface area contributed by atoms with E-state index in [1.807, 2.05) is 25.1 Å². The van der Waals surface area contributed by atoms with Crippen LogP contribution in [-0.2, 0) is 6.42 Å². The summed E-state index contributed by atoms with van der Waals surface area (Å²) in [4.78, 5) is 0. The highest BCUT2D eigenvalue weighted by Crippen LogP contribution is 2.24. The van der Waals surface area contributed by atoms with Crippen molar-refractivity contribution in [2.45, 2.75) is 33.2 Å². The van der Waals surface area contributed by atoms with E-state index in [-0.39, 0.29) is 5.82 Å². The van der Waals surface area contributed by atoms with Crippen LogP contribution < -0.4 is 5.73 Å². The van der Waals surface area contributed by atoms with Crippen molar-refractivity contribution in [3.05, 3.63) is 70.5 Å². The third-order valence-corrected chi connectivity index (χ3v) is 3.45. The van der Waals surface area contributed by atoms with Gasteiger partial charge >= 0.3 is 0 Å². The van der Waals surface area contributed by atoms with Crippen LogP contribution in [0, 0.1) is 18.7 Å². The van der Waals surface area contributed by atoms with Crippen molar-refractivity contribution in [3.8, 4) is 0 Å². The number of nitrogens with two attached hydrogens (primary N) is 1. The molecule has 2 aromatic carbocycles. The molecule has 0 amide bonds. The second-order valence-corrected chi connectivity index (χ2v) is 5.85. The highest BCUT2D eigenvalue weighted by Gasteiger charge is 2.14. The van der Waals surface area contributed by atoms with Gasteiger partial charge in [0, 0.05) is 5.56 Å². The summed E-state index contributed by atoms with van der Waals surface area (Å²) in [6.07, 6.45) is 1.01. The number of hydrogen-bond acceptors (Lipinski definition) is 1. The minimum Gasteiger partial charge on any atom is -0.320 e. The summed E-state index contributed by atoms with van der Waals surface area (Å²) >= 11 is 0. The van der Waals surface area contributed by atoms with E-state index < -0.39 is 6.04 Å². The van der Waals surface area contributed by atoms with Gasteiger partial charge in [0.1, 0.15) is 5.82 Å². The highest BCUT2D eigenvalue weighted by atomic mass is 19.1. The summed E-state index contributed by atoms with van der Waals surface area (Å²) in [6, 6.07) is 13.0. The predicted molar refractivity (Wildman–Crippen MR) is 82.2 cm³/mol. The molecule has 20 heavy (non-hydrogen) atoms. The maximum Gasteiger partial charge on any atom is 0.128 e. The molecule has 0 aliphatic rings. The molecule has 1 nitrogen and oxygen atoms in total. The van der Waals surface area contributed by atoms with Crippen molar-refractivity contribution >= 4 is 0 Å². The summed E-state index contributed by atoms with van der Waals surface area (Å²) < 4.78 is 14.0. The summed E-state index contributed by atoms with van der Waals surface area (Å²) in [5.41, 5.74) is 9.90. The Hall–Kier alpha value is -1.67. The normalized spacial score (nSPS) is 12.7. The molecule has 2 rings (SSSR count). The lowest BCUT2D eigenvalue weighted by Crippen LogP contribution is -2.14. The van der Waals surface area contributed by atoms with Crippen LogP contribution in [0.4, 0.5) is 4.39 Å². The maximum atomic E-state index is 14.0. The van der Waals surface area contributed by atoms with Crippen molar-refractivity contribution < 1.29 is 4.39 Å². The van der Waals surface area contributed by atoms with Crippen LogP contribution in [0.1, 0.15) is 42.1 Å². The van der Waals surface area contributed by atoms with Crippen molar-refractivity contribution in [3.63, 3.8) is 0 Å². The molecular formula is C18H22FN. The van der Waals surface area contributed by atoms with Crippen LogP contribution in [0.2, 0.25) is 0 Å². The van der Waals surface area contributed by atoms with Gasteiger partial charge in [-0.3, -0.25) is 0 Å². The van der Waals surface area contributed by atoms with Crippen LogP contribution >= 0.6 is 0 Å². The molecule has 1 unspecified atom stereocenters. The van der Waals surface area contributed by atoms with Gasteiger partial charge in [0.25, 0.3) is 0 Å². The highest BCUT2D eigenvalue weighted by molar-refractivity contribution is 5.36. The van der Waals surface area contributed by atoms with Crippen LogP contribution in [0.25, 0.3) is 0 Å². The molecule has 0 fully saturated rings. The first kappa shape index (κ1) is 14.7. The number of hydrogen-bond donors (Lipinski definition) is 1. The second-order valence-electron chi connectivity index (χ2n) is 5.85. The molecule has 2 heteroatoms. The fourth-order valence-corrected chi connectivity index (χ4v) is 2.45. The molecule has 0 aromatic heterocycles. The molecular weight excluding hydrogens is 249 g/mol. The molecule has 106 valence electrons. The Bertz CT molecular complexity index is 590. The van der Waals surface area contributed by atoms with E-state index >= 15 is 0 Å². The van der Waals surface area contributed by atoms with E-state index in [0.29, 0.717) is 11.5 Å². The van der Waals surface area contributed by atoms with Gasteiger partial charge in [0.05, 0.1) is 6.04 Å².